The Kier molecular flexibility index (Phi) is 2.95. The first-order chi connectivity index (χ1) is 7.84. The van der Waals surface area contributed by atoms with Gasteiger partial charge in [0.2, 0.25) is 0 Å². The van der Waals surface area contributed by atoms with E-state index in [2.05, 4.69) is 4.99 Å². The number of aliphatic imine (C=N–C) groups is 1. The van der Waals surface area contributed by atoms with Crippen LogP contribution in [0.5, 0.6) is 0 Å². The first-order valence-corrected chi connectivity index (χ1v) is 5.88. The summed E-state index contributed by atoms with van der Waals surface area (Å²) < 4.78 is 38.4. The van der Waals surface area contributed by atoms with E-state index in [0.717, 1.165) is 5.56 Å². The van der Waals surface area contributed by atoms with E-state index < -0.39 is 11.1 Å². The number of nitrogens with zero attached hydrogens (tertiary/aromatic N) is 1. The molecule has 2 rings (SSSR count). The Labute approximate surface area is 101 Å². The summed E-state index contributed by atoms with van der Waals surface area (Å²) in [5.74, 6) is -0.0841. The maximum atomic E-state index is 12.8. The van der Waals surface area contributed by atoms with E-state index >= 15 is 0 Å². The van der Waals surface area contributed by atoms with Gasteiger partial charge in [-0.15, -0.1) is 0 Å². The standard InChI is InChI=1S/C11H10F3NOS/c1-7-2-4-8(5-3-7)9-10(16,11(12,13)14)17-6-15-9/h2-5,16H,6H2,1H3. The number of aliphatic hydroxyl groups is 1. The molecule has 0 aliphatic carbocycles. The van der Waals surface area contributed by atoms with Gasteiger partial charge in [-0.25, -0.2) is 0 Å². The molecule has 0 fully saturated rings. The number of thioether (sulfide) groups is 1. The minimum atomic E-state index is -4.72. The second kappa shape index (κ2) is 4.03. The summed E-state index contributed by atoms with van der Waals surface area (Å²) in [7, 11) is 0. The first kappa shape index (κ1) is 12.4. The summed E-state index contributed by atoms with van der Waals surface area (Å²) in [6.45, 7) is 1.84. The van der Waals surface area contributed by atoms with Gasteiger partial charge in [-0.3, -0.25) is 4.99 Å². The molecule has 0 spiro atoms. The molecule has 0 saturated heterocycles. The van der Waals surface area contributed by atoms with E-state index in [1.165, 1.54) is 12.1 Å². The average Bonchev–Trinajstić information content (AvgIpc) is 2.62. The molecule has 0 amide bonds. The van der Waals surface area contributed by atoms with Crippen molar-refractivity contribution in [1.29, 1.82) is 0 Å². The number of halogens is 3. The van der Waals surface area contributed by atoms with Crippen LogP contribution in [0.4, 0.5) is 13.2 Å². The predicted molar refractivity (Wildman–Crippen MR) is 61.2 cm³/mol. The van der Waals surface area contributed by atoms with Crippen LogP contribution in [0.25, 0.3) is 0 Å². The largest absolute Gasteiger partial charge is 0.432 e. The van der Waals surface area contributed by atoms with Gasteiger partial charge in [-0.1, -0.05) is 41.6 Å². The fraction of sp³-hybridized carbons (Fsp3) is 0.364. The Balaban J connectivity index is 2.42. The molecular formula is C11H10F3NOS. The van der Waals surface area contributed by atoms with Crippen molar-refractivity contribution in [3.05, 3.63) is 35.4 Å². The number of hydrogen-bond donors (Lipinski definition) is 1. The minimum Gasteiger partial charge on any atom is -0.366 e. The normalized spacial score (nSPS) is 24.9. The average molecular weight is 261 g/mol. The third kappa shape index (κ3) is 2.07. The summed E-state index contributed by atoms with van der Waals surface area (Å²) in [6, 6.07) is 6.46. The first-order valence-electron chi connectivity index (χ1n) is 4.89. The number of hydrogen-bond acceptors (Lipinski definition) is 3. The SMILES string of the molecule is Cc1ccc(C2=NCSC2(O)C(F)(F)F)cc1. The van der Waals surface area contributed by atoms with Crippen LogP contribution in [0.3, 0.4) is 0 Å². The zero-order chi connectivity index (χ0) is 12.7. The van der Waals surface area contributed by atoms with Crippen LogP contribution in [0.1, 0.15) is 11.1 Å². The summed E-state index contributed by atoms with van der Waals surface area (Å²) in [4.78, 5) is 0.878. The van der Waals surface area contributed by atoms with Gasteiger partial charge in [0.05, 0.1) is 11.6 Å². The van der Waals surface area contributed by atoms with Crippen molar-refractivity contribution in [2.24, 2.45) is 4.99 Å². The lowest BCUT2D eigenvalue weighted by molar-refractivity contribution is -0.194. The van der Waals surface area contributed by atoms with Gasteiger partial charge in [0, 0.05) is 0 Å². The Morgan fingerprint density at radius 2 is 1.88 bits per heavy atom. The van der Waals surface area contributed by atoms with Crippen molar-refractivity contribution < 1.29 is 18.3 Å². The van der Waals surface area contributed by atoms with Gasteiger partial charge in [0.15, 0.2) is 0 Å². The Bertz CT molecular complexity index is 455. The van der Waals surface area contributed by atoms with Crippen LogP contribution >= 0.6 is 11.8 Å². The van der Waals surface area contributed by atoms with E-state index in [0.29, 0.717) is 17.3 Å². The monoisotopic (exact) mass is 261 g/mol. The van der Waals surface area contributed by atoms with Crippen LogP contribution in [0, 0.1) is 6.92 Å². The molecule has 0 bridgehead atoms. The molecule has 6 heteroatoms. The Morgan fingerprint density at radius 3 is 2.41 bits per heavy atom. The van der Waals surface area contributed by atoms with Crippen molar-refractivity contribution in [1.82, 2.24) is 0 Å². The highest BCUT2D eigenvalue weighted by Gasteiger charge is 2.60. The van der Waals surface area contributed by atoms with Crippen LogP contribution in [-0.2, 0) is 0 Å². The maximum absolute atomic E-state index is 12.8. The zero-order valence-electron chi connectivity index (χ0n) is 8.95. The molecule has 0 saturated carbocycles. The molecule has 0 radical (unpaired) electrons. The van der Waals surface area contributed by atoms with Crippen LogP contribution in [-0.4, -0.2) is 27.8 Å². The molecule has 1 atom stereocenters. The van der Waals surface area contributed by atoms with E-state index in [1.54, 1.807) is 12.1 Å². The fourth-order valence-electron chi connectivity index (χ4n) is 1.58. The summed E-state index contributed by atoms with van der Waals surface area (Å²) in [5.41, 5.74) is 0.936. The quantitative estimate of drug-likeness (QED) is 0.843. The smallest absolute Gasteiger partial charge is 0.366 e. The highest BCUT2D eigenvalue weighted by atomic mass is 32.2. The fourth-order valence-corrected chi connectivity index (χ4v) is 2.44. The maximum Gasteiger partial charge on any atom is 0.432 e. The Morgan fingerprint density at radius 1 is 1.29 bits per heavy atom. The lowest BCUT2D eigenvalue weighted by Crippen LogP contribution is -2.47. The lowest BCUT2D eigenvalue weighted by Gasteiger charge is -2.26. The second-order valence-electron chi connectivity index (χ2n) is 3.79. The van der Waals surface area contributed by atoms with Gasteiger partial charge in [0.1, 0.15) is 0 Å². The third-order valence-corrected chi connectivity index (χ3v) is 3.63. The second-order valence-corrected chi connectivity index (χ2v) is 4.93. The molecule has 1 aliphatic heterocycles. The van der Waals surface area contributed by atoms with Crippen molar-refractivity contribution in [2.45, 2.75) is 18.0 Å². The van der Waals surface area contributed by atoms with Crippen LogP contribution in [0.2, 0.25) is 0 Å². The number of alkyl halides is 3. The van der Waals surface area contributed by atoms with Crippen molar-refractivity contribution in [2.75, 3.05) is 5.88 Å². The molecule has 1 aromatic carbocycles. The zero-order valence-corrected chi connectivity index (χ0v) is 9.77. The minimum absolute atomic E-state index is 0.0841. The molecule has 0 aromatic heterocycles. The molecule has 1 heterocycles. The van der Waals surface area contributed by atoms with Crippen LogP contribution < -0.4 is 0 Å². The molecule has 2 nitrogen and oxygen atoms in total. The summed E-state index contributed by atoms with van der Waals surface area (Å²) >= 11 is 0.386. The Hall–Kier alpha value is -1.01. The topological polar surface area (TPSA) is 32.6 Å². The van der Waals surface area contributed by atoms with E-state index in [1.807, 2.05) is 6.92 Å². The predicted octanol–water partition coefficient (Wildman–Crippen LogP) is 2.74. The molecule has 17 heavy (non-hydrogen) atoms. The van der Waals surface area contributed by atoms with Gasteiger partial charge in [-0.2, -0.15) is 13.2 Å². The summed E-state index contributed by atoms with van der Waals surface area (Å²) in [5, 5.41) is 9.72. The molecule has 1 N–H and O–H groups in total. The molecule has 92 valence electrons. The van der Waals surface area contributed by atoms with Crippen LogP contribution in [0.15, 0.2) is 29.3 Å². The highest BCUT2D eigenvalue weighted by Crippen LogP contribution is 2.45. The molecule has 1 unspecified atom stereocenters. The van der Waals surface area contributed by atoms with Gasteiger partial charge < -0.3 is 5.11 Å². The molecular weight excluding hydrogens is 251 g/mol. The molecule has 1 aromatic rings. The van der Waals surface area contributed by atoms with Gasteiger partial charge >= 0.3 is 6.18 Å². The van der Waals surface area contributed by atoms with Gasteiger partial charge in [0.25, 0.3) is 4.93 Å². The summed E-state index contributed by atoms with van der Waals surface area (Å²) in [6.07, 6.45) is -4.72. The van der Waals surface area contributed by atoms with Crippen molar-refractivity contribution in [3.8, 4) is 0 Å². The number of rotatable bonds is 1. The van der Waals surface area contributed by atoms with E-state index in [-0.39, 0.29) is 11.6 Å². The van der Waals surface area contributed by atoms with Crippen molar-refractivity contribution >= 4 is 17.5 Å². The van der Waals surface area contributed by atoms with E-state index in [9.17, 15) is 18.3 Å². The van der Waals surface area contributed by atoms with Gasteiger partial charge in [-0.05, 0) is 12.5 Å². The van der Waals surface area contributed by atoms with E-state index in [4.69, 9.17) is 0 Å². The lowest BCUT2D eigenvalue weighted by atomic mass is 10.0. The highest BCUT2D eigenvalue weighted by molar-refractivity contribution is 8.01. The third-order valence-electron chi connectivity index (χ3n) is 2.53. The number of benzene rings is 1. The molecule has 1 aliphatic rings. The number of aryl methyl sites for hydroxylation is 1. The van der Waals surface area contributed by atoms with Crippen molar-refractivity contribution in [3.63, 3.8) is 0 Å².